The Balaban J connectivity index is 1.68. The molecule has 0 radical (unpaired) electrons. The van der Waals surface area contributed by atoms with Crippen molar-refractivity contribution in [2.24, 2.45) is 5.41 Å². The summed E-state index contributed by atoms with van der Waals surface area (Å²) >= 11 is 0. The molecular formula is C22H33NO4. The van der Waals surface area contributed by atoms with Gasteiger partial charge in [0.25, 0.3) is 0 Å². The van der Waals surface area contributed by atoms with Crippen LogP contribution in [0.15, 0.2) is 12.1 Å². The fraction of sp³-hybridized carbons (Fsp3) is 0.682. The van der Waals surface area contributed by atoms with Crippen LogP contribution in [0.5, 0.6) is 17.2 Å². The Hall–Kier alpha value is -1.91. The van der Waals surface area contributed by atoms with Crippen molar-refractivity contribution in [1.29, 1.82) is 0 Å². The molecule has 1 aromatic carbocycles. The summed E-state index contributed by atoms with van der Waals surface area (Å²) in [6.07, 6.45) is 10.7. The first-order valence-electron chi connectivity index (χ1n) is 10.2. The number of carbonyl (C=O) groups excluding carboxylic acids is 1. The van der Waals surface area contributed by atoms with Gasteiger partial charge in [-0.15, -0.1) is 0 Å². The minimum atomic E-state index is 0.192. The maximum Gasteiger partial charge on any atom is 0.226 e. The van der Waals surface area contributed by atoms with Gasteiger partial charge in [0.1, 0.15) is 0 Å². The molecule has 150 valence electrons. The van der Waals surface area contributed by atoms with Crippen molar-refractivity contribution in [3.63, 3.8) is 0 Å². The highest BCUT2D eigenvalue weighted by Gasteiger charge is 2.34. The van der Waals surface area contributed by atoms with Crippen molar-refractivity contribution in [3.8, 4) is 17.2 Å². The van der Waals surface area contributed by atoms with E-state index in [0.717, 1.165) is 31.5 Å². The van der Waals surface area contributed by atoms with E-state index in [1.807, 2.05) is 12.1 Å². The summed E-state index contributed by atoms with van der Waals surface area (Å²) in [5.74, 6) is 1.94. The molecule has 0 unspecified atom stereocenters. The Morgan fingerprint density at radius 1 is 0.889 bits per heavy atom. The first-order valence-corrected chi connectivity index (χ1v) is 10.2. The Labute approximate surface area is 163 Å². The van der Waals surface area contributed by atoms with Gasteiger partial charge in [0.15, 0.2) is 11.5 Å². The average molecular weight is 376 g/mol. The summed E-state index contributed by atoms with van der Waals surface area (Å²) in [4.78, 5) is 15.0. The maximum atomic E-state index is 13.0. The summed E-state index contributed by atoms with van der Waals surface area (Å²) in [7, 11) is 4.78. The lowest BCUT2D eigenvalue weighted by Gasteiger charge is -2.36. The minimum Gasteiger partial charge on any atom is -0.493 e. The first-order chi connectivity index (χ1) is 13.1. The molecule has 1 aliphatic carbocycles. The lowest BCUT2D eigenvalue weighted by atomic mass is 9.69. The van der Waals surface area contributed by atoms with Gasteiger partial charge in [0.05, 0.1) is 27.8 Å². The van der Waals surface area contributed by atoms with Gasteiger partial charge in [-0.1, -0.05) is 19.3 Å². The number of likely N-dealkylation sites (tertiary alicyclic amines) is 1. The van der Waals surface area contributed by atoms with Gasteiger partial charge in [-0.2, -0.15) is 0 Å². The molecule has 2 fully saturated rings. The van der Waals surface area contributed by atoms with Gasteiger partial charge in [0, 0.05) is 13.1 Å². The maximum absolute atomic E-state index is 13.0. The minimum absolute atomic E-state index is 0.192. The summed E-state index contributed by atoms with van der Waals surface area (Å²) in [6.45, 7) is 1.77. The number of rotatable bonds is 5. The molecule has 5 heteroatoms. The Morgan fingerprint density at radius 2 is 1.52 bits per heavy atom. The van der Waals surface area contributed by atoms with Gasteiger partial charge >= 0.3 is 0 Å². The smallest absolute Gasteiger partial charge is 0.226 e. The molecule has 2 aliphatic rings. The fourth-order valence-electron chi connectivity index (χ4n) is 4.83. The number of hydrogen-bond donors (Lipinski definition) is 0. The number of methoxy groups -OCH3 is 3. The normalized spacial score (nSPS) is 19.4. The quantitative estimate of drug-likeness (QED) is 0.773. The van der Waals surface area contributed by atoms with Crippen LogP contribution in [0.1, 0.15) is 56.9 Å². The lowest BCUT2D eigenvalue weighted by Crippen LogP contribution is -2.34. The summed E-state index contributed by atoms with van der Waals surface area (Å²) in [6, 6.07) is 3.75. The monoisotopic (exact) mass is 375 g/mol. The number of ether oxygens (including phenoxy) is 3. The van der Waals surface area contributed by atoms with E-state index < -0.39 is 0 Å². The molecule has 27 heavy (non-hydrogen) atoms. The molecule has 1 aliphatic heterocycles. The molecule has 1 aromatic rings. The van der Waals surface area contributed by atoms with E-state index in [0.29, 0.717) is 29.1 Å². The second-order valence-corrected chi connectivity index (χ2v) is 8.01. The summed E-state index contributed by atoms with van der Waals surface area (Å²) in [5.41, 5.74) is 1.39. The second kappa shape index (κ2) is 8.85. The van der Waals surface area contributed by atoms with E-state index in [-0.39, 0.29) is 5.91 Å². The highest BCUT2D eigenvalue weighted by molar-refractivity contribution is 5.79. The van der Waals surface area contributed by atoms with Crippen LogP contribution in [0, 0.1) is 5.41 Å². The van der Waals surface area contributed by atoms with Crippen molar-refractivity contribution in [2.75, 3.05) is 34.4 Å². The van der Waals surface area contributed by atoms with Gasteiger partial charge in [-0.3, -0.25) is 4.79 Å². The molecule has 1 heterocycles. The van der Waals surface area contributed by atoms with E-state index in [1.165, 1.54) is 38.5 Å². The zero-order chi connectivity index (χ0) is 19.3. The number of hydrogen-bond acceptors (Lipinski definition) is 4. The largest absolute Gasteiger partial charge is 0.493 e. The van der Waals surface area contributed by atoms with Crippen molar-refractivity contribution >= 4 is 5.91 Å². The summed E-state index contributed by atoms with van der Waals surface area (Å²) < 4.78 is 16.2. The van der Waals surface area contributed by atoms with E-state index in [1.54, 1.807) is 21.3 Å². The van der Waals surface area contributed by atoms with Crippen LogP contribution >= 0.6 is 0 Å². The van der Waals surface area contributed by atoms with E-state index in [4.69, 9.17) is 14.2 Å². The number of nitrogens with zero attached hydrogens (tertiary/aromatic N) is 1. The van der Waals surface area contributed by atoms with Crippen molar-refractivity contribution < 1.29 is 19.0 Å². The van der Waals surface area contributed by atoms with E-state index in [2.05, 4.69) is 4.90 Å². The zero-order valence-corrected chi connectivity index (χ0v) is 17.0. The first kappa shape index (κ1) is 19.8. The third-order valence-corrected chi connectivity index (χ3v) is 6.39. The molecule has 5 nitrogen and oxygen atoms in total. The van der Waals surface area contributed by atoms with Crippen LogP contribution in [-0.2, 0) is 11.2 Å². The van der Waals surface area contributed by atoms with Crippen molar-refractivity contribution in [1.82, 2.24) is 4.90 Å². The molecule has 0 aromatic heterocycles. The standard InChI is InChI=1S/C22H33NO4/c1-25-18-14-17(15-19(26-2)21(18)27-3)16-20(24)23-12-7-10-22(11-13-23)8-5-4-6-9-22/h14-15H,4-13,16H2,1-3H3. The predicted octanol–water partition coefficient (Wildman–Crippen LogP) is 4.22. The Morgan fingerprint density at radius 3 is 2.11 bits per heavy atom. The van der Waals surface area contributed by atoms with E-state index >= 15 is 0 Å². The van der Waals surface area contributed by atoms with Gasteiger partial charge in [0.2, 0.25) is 11.7 Å². The highest BCUT2D eigenvalue weighted by atomic mass is 16.5. The van der Waals surface area contributed by atoms with Crippen LogP contribution in [0.2, 0.25) is 0 Å². The van der Waals surface area contributed by atoms with Crippen LogP contribution in [0.4, 0.5) is 0 Å². The third kappa shape index (κ3) is 4.50. The molecule has 3 rings (SSSR count). The van der Waals surface area contributed by atoms with Crippen LogP contribution < -0.4 is 14.2 Å². The summed E-state index contributed by atoms with van der Waals surface area (Å²) in [5, 5.41) is 0. The SMILES string of the molecule is COc1cc(CC(=O)N2CCCC3(CCCCC3)CC2)cc(OC)c1OC. The lowest BCUT2D eigenvalue weighted by molar-refractivity contribution is -0.130. The molecule has 0 bridgehead atoms. The van der Waals surface area contributed by atoms with Gasteiger partial charge in [-0.25, -0.2) is 0 Å². The molecule has 0 atom stereocenters. The third-order valence-electron chi connectivity index (χ3n) is 6.39. The Bertz CT molecular complexity index is 627. The van der Waals surface area contributed by atoms with Crippen LogP contribution in [-0.4, -0.2) is 45.2 Å². The molecule has 1 saturated heterocycles. The molecule has 0 N–H and O–H groups in total. The van der Waals surface area contributed by atoms with Crippen LogP contribution in [0.25, 0.3) is 0 Å². The van der Waals surface area contributed by atoms with Crippen molar-refractivity contribution in [2.45, 2.75) is 57.8 Å². The van der Waals surface area contributed by atoms with Gasteiger partial charge < -0.3 is 19.1 Å². The predicted molar refractivity (Wildman–Crippen MR) is 106 cm³/mol. The van der Waals surface area contributed by atoms with Crippen molar-refractivity contribution in [3.05, 3.63) is 17.7 Å². The molecular weight excluding hydrogens is 342 g/mol. The average Bonchev–Trinajstić information content (AvgIpc) is 2.90. The Kier molecular flexibility index (Phi) is 6.51. The molecule has 1 saturated carbocycles. The van der Waals surface area contributed by atoms with Crippen LogP contribution in [0.3, 0.4) is 0 Å². The van der Waals surface area contributed by atoms with E-state index in [9.17, 15) is 4.79 Å². The number of carbonyl (C=O) groups is 1. The number of benzene rings is 1. The molecule has 1 amide bonds. The topological polar surface area (TPSA) is 48.0 Å². The molecule has 1 spiro atoms. The zero-order valence-electron chi connectivity index (χ0n) is 17.0. The number of amides is 1. The van der Waals surface area contributed by atoms with Gasteiger partial charge in [-0.05, 0) is 55.2 Å². The second-order valence-electron chi connectivity index (χ2n) is 8.01. The highest BCUT2D eigenvalue weighted by Crippen LogP contribution is 2.44. The fourth-order valence-corrected chi connectivity index (χ4v) is 4.83.